The summed E-state index contributed by atoms with van der Waals surface area (Å²) in [6.07, 6.45) is 1.37. The second-order valence-corrected chi connectivity index (χ2v) is 2.87. The molecule has 4 heteroatoms. The Morgan fingerprint density at radius 1 is 1.75 bits per heavy atom. The van der Waals surface area contributed by atoms with Crippen LogP contribution >= 0.6 is 0 Å². The van der Waals surface area contributed by atoms with E-state index >= 15 is 0 Å². The van der Waals surface area contributed by atoms with Crippen molar-refractivity contribution in [1.82, 2.24) is 15.1 Å². The predicted octanol–water partition coefficient (Wildman–Crippen LogP) is -0.228. The Balaban J connectivity index is 2.46. The quantitative estimate of drug-likeness (QED) is 0.654. The fourth-order valence-corrected chi connectivity index (χ4v) is 1.09. The summed E-state index contributed by atoms with van der Waals surface area (Å²) in [7, 11) is 1.82. The van der Waals surface area contributed by atoms with Gasteiger partial charge in [-0.05, 0) is 20.0 Å². The van der Waals surface area contributed by atoms with Gasteiger partial charge in [0.15, 0.2) is 0 Å². The summed E-state index contributed by atoms with van der Waals surface area (Å²) in [6, 6.07) is 1.92. The van der Waals surface area contributed by atoms with Gasteiger partial charge in [0.25, 0.3) is 0 Å². The molecular formula is C8H15N3O. The molecule has 4 nitrogen and oxygen atoms in total. The number of hydrogen-bond donors (Lipinski definition) is 2. The zero-order valence-corrected chi connectivity index (χ0v) is 7.49. The molecule has 0 aliphatic carbocycles. The van der Waals surface area contributed by atoms with E-state index in [-0.39, 0.29) is 6.10 Å². The van der Waals surface area contributed by atoms with Crippen LogP contribution in [0.1, 0.15) is 5.69 Å². The van der Waals surface area contributed by atoms with E-state index in [2.05, 4.69) is 10.4 Å². The first-order valence-corrected chi connectivity index (χ1v) is 4.05. The Labute approximate surface area is 72.2 Å². The van der Waals surface area contributed by atoms with Gasteiger partial charge in [0.05, 0.1) is 12.6 Å². The molecule has 1 aromatic heterocycles. The van der Waals surface area contributed by atoms with E-state index in [0.717, 1.165) is 5.69 Å². The number of aliphatic hydroxyl groups excluding tert-OH is 1. The van der Waals surface area contributed by atoms with E-state index in [1.165, 1.54) is 0 Å². The van der Waals surface area contributed by atoms with Gasteiger partial charge in [-0.2, -0.15) is 5.10 Å². The Bertz CT molecular complexity index is 234. The first-order chi connectivity index (χ1) is 5.74. The third-order valence-electron chi connectivity index (χ3n) is 1.75. The maximum atomic E-state index is 9.42. The highest BCUT2D eigenvalue weighted by Gasteiger charge is 2.04. The molecule has 1 aromatic rings. The molecule has 0 amide bonds. The molecule has 68 valence electrons. The van der Waals surface area contributed by atoms with Crippen molar-refractivity contribution < 1.29 is 5.11 Å². The van der Waals surface area contributed by atoms with E-state index in [1.54, 1.807) is 10.9 Å². The lowest BCUT2D eigenvalue weighted by Gasteiger charge is -2.10. The maximum absolute atomic E-state index is 9.42. The summed E-state index contributed by atoms with van der Waals surface area (Å²) in [5.74, 6) is 0. The van der Waals surface area contributed by atoms with E-state index in [4.69, 9.17) is 0 Å². The lowest BCUT2D eigenvalue weighted by molar-refractivity contribution is 0.148. The first kappa shape index (κ1) is 9.22. The van der Waals surface area contributed by atoms with Crippen LogP contribution in [0.5, 0.6) is 0 Å². The maximum Gasteiger partial charge on any atom is 0.0860 e. The van der Waals surface area contributed by atoms with Gasteiger partial charge >= 0.3 is 0 Å². The van der Waals surface area contributed by atoms with Crippen LogP contribution in [0.2, 0.25) is 0 Å². The number of nitrogens with zero attached hydrogens (tertiary/aromatic N) is 2. The molecule has 0 bridgehead atoms. The van der Waals surface area contributed by atoms with Crippen LogP contribution in [0.15, 0.2) is 12.3 Å². The van der Waals surface area contributed by atoms with Gasteiger partial charge in [0, 0.05) is 18.4 Å². The topological polar surface area (TPSA) is 50.1 Å². The highest BCUT2D eigenvalue weighted by atomic mass is 16.3. The van der Waals surface area contributed by atoms with Crippen LogP contribution in [-0.4, -0.2) is 34.6 Å². The Kier molecular flexibility index (Phi) is 3.25. The van der Waals surface area contributed by atoms with Crippen molar-refractivity contribution in [3.05, 3.63) is 18.0 Å². The van der Waals surface area contributed by atoms with Crippen LogP contribution in [0, 0.1) is 6.92 Å². The molecule has 0 aliphatic rings. The standard InChI is InChI=1S/C8H15N3O/c1-7-3-4-10-11(7)6-8(12)5-9-2/h3-4,8-9,12H,5-6H2,1-2H3. The minimum absolute atomic E-state index is 0.367. The van der Waals surface area contributed by atoms with Crippen molar-refractivity contribution in [2.45, 2.75) is 19.6 Å². The molecule has 12 heavy (non-hydrogen) atoms. The highest BCUT2D eigenvalue weighted by Crippen LogP contribution is 1.97. The van der Waals surface area contributed by atoms with E-state index in [9.17, 15) is 5.11 Å². The molecular weight excluding hydrogens is 154 g/mol. The van der Waals surface area contributed by atoms with Gasteiger partial charge in [-0.3, -0.25) is 4.68 Å². The van der Waals surface area contributed by atoms with E-state index in [0.29, 0.717) is 13.1 Å². The lowest BCUT2D eigenvalue weighted by atomic mass is 10.3. The third-order valence-corrected chi connectivity index (χ3v) is 1.75. The smallest absolute Gasteiger partial charge is 0.0860 e. The van der Waals surface area contributed by atoms with Crippen molar-refractivity contribution in [1.29, 1.82) is 0 Å². The van der Waals surface area contributed by atoms with Gasteiger partial charge in [0.2, 0.25) is 0 Å². The van der Waals surface area contributed by atoms with Crippen molar-refractivity contribution in [3.63, 3.8) is 0 Å². The van der Waals surface area contributed by atoms with Gasteiger partial charge in [-0.1, -0.05) is 0 Å². The molecule has 1 atom stereocenters. The van der Waals surface area contributed by atoms with Crippen LogP contribution in [-0.2, 0) is 6.54 Å². The van der Waals surface area contributed by atoms with Crippen molar-refractivity contribution in [2.24, 2.45) is 0 Å². The van der Waals surface area contributed by atoms with E-state index < -0.39 is 0 Å². The highest BCUT2D eigenvalue weighted by molar-refractivity contribution is 4.96. The van der Waals surface area contributed by atoms with Crippen LogP contribution in [0.3, 0.4) is 0 Å². The first-order valence-electron chi connectivity index (χ1n) is 4.05. The number of aliphatic hydroxyl groups is 1. The summed E-state index contributed by atoms with van der Waals surface area (Å²) < 4.78 is 1.79. The largest absolute Gasteiger partial charge is 0.390 e. The molecule has 0 aliphatic heterocycles. The second kappa shape index (κ2) is 4.23. The number of aromatic nitrogens is 2. The minimum atomic E-state index is -0.367. The lowest BCUT2D eigenvalue weighted by Crippen LogP contribution is -2.28. The molecule has 1 heterocycles. The second-order valence-electron chi connectivity index (χ2n) is 2.87. The SMILES string of the molecule is CNCC(O)Cn1nccc1C. The number of aryl methyl sites for hydroxylation is 1. The van der Waals surface area contributed by atoms with Crippen molar-refractivity contribution in [2.75, 3.05) is 13.6 Å². The molecule has 1 rings (SSSR count). The minimum Gasteiger partial charge on any atom is -0.390 e. The zero-order chi connectivity index (χ0) is 8.97. The fraction of sp³-hybridized carbons (Fsp3) is 0.625. The van der Waals surface area contributed by atoms with Crippen LogP contribution in [0.4, 0.5) is 0 Å². The van der Waals surface area contributed by atoms with Gasteiger partial charge < -0.3 is 10.4 Å². The number of rotatable bonds is 4. The molecule has 0 saturated heterocycles. The molecule has 1 unspecified atom stereocenters. The monoisotopic (exact) mass is 169 g/mol. The van der Waals surface area contributed by atoms with Crippen LogP contribution in [0.25, 0.3) is 0 Å². The number of hydrogen-bond acceptors (Lipinski definition) is 3. The Morgan fingerprint density at radius 2 is 2.50 bits per heavy atom. The summed E-state index contributed by atoms with van der Waals surface area (Å²) in [4.78, 5) is 0. The molecule has 0 radical (unpaired) electrons. The fourth-order valence-electron chi connectivity index (χ4n) is 1.09. The van der Waals surface area contributed by atoms with E-state index in [1.807, 2.05) is 20.0 Å². The predicted molar refractivity (Wildman–Crippen MR) is 46.9 cm³/mol. The zero-order valence-electron chi connectivity index (χ0n) is 7.49. The van der Waals surface area contributed by atoms with Gasteiger partial charge in [-0.15, -0.1) is 0 Å². The summed E-state index contributed by atoms with van der Waals surface area (Å²) in [6.45, 7) is 3.12. The normalized spacial score (nSPS) is 13.2. The Hall–Kier alpha value is -0.870. The summed E-state index contributed by atoms with van der Waals surface area (Å²) >= 11 is 0. The van der Waals surface area contributed by atoms with Crippen molar-refractivity contribution >= 4 is 0 Å². The molecule has 0 aromatic carbocycles. The van der Waals surface area contributed by atoms with Gasteiger partial charge in [-0.25, -0.2) is 0 Å². The average Bonchev–Trinajstić information content (AvgIpc) is 2.37. The van der Waals surface area contributed by atoms with Crippen molar-refractivity contribution in [3.8, 4) is 0 Å². The molecule has 0 spiro atoms. The molecule has 0 fully saturated rings. The Morgan fingerprint density at radius 3 is 3.00 bits per heavy atom. The summed E-state index contributed by atoms with van der Waals surface area (Å²) in [5.41, 5.74) is 1.07. The number of likely N-dealkylation sites (N-methyl/N-ethyl adjacent to an activating group) is 1. The van der Waals surface area contributed by atoms with Gasteiger partial charge in [0.1, 0.15) is 0 Å². The average molecular weight is 169 g/mol. The third kappa shape index (κ3) is 2.32. The van der Waals surface area contributed by atoms with Crippen LogP contribution < -0.4 is 5.32 Å². The summed E-state index contributed by atoms with van der Waals surface area (Å²) in [5, 5.41) is 16.4. The molecule has 0 saturated carbocycles. The number of nitrogens with one attached hydrogen (secondary N) is 1. The molecule has 2 N–H and O–H groups in total.